The number of anilines is 1. The van der Waals surface area contributed by atoms with Crippen LogP contribution in [0.4, 0.5) is 5.69 Å². The van der Waals surface area contributed by atoms with Gasteiger partial charge in [0.2, 0.25) is 11.8 Å². The molecule has 1 unspecified atom stereocenters. The van der Waals surface area contributed by atoms with E-state index in [1.165, 1.54) is 5.56 Å². The maximum absolute atomic E-state index is 12.8. The summed E-state index contributed by atoms with van der Waals surface area (Å²) >= 11 is 0. The van der Waals surface area contributed by atoms with Gasteiger partial charge in [-0.25, -0.2) is 0 Å². The maximum Gasteiger partial charge on any atom is 0.262 e. The molecule has 4 N–H and O–H groups in total. The molecule has 0 spiro atoms. The Bertz CT molecular complexity index is 1030. The van der Waals surface area contributed by atoms with E-state index in [1.54, 1.807) is 18.2 Å². The highest BCUT2D eigenvalue weighted by molar-refractivity contribution is 6.23. The number of imide groups is 2. The summed E-state index contributed by atoms with van der Waals surface area (Å²) in [7, 11) is 0. The molecule has 0 saturated carbocycles. The van der Waals surface area contributed by atoms with E-state index in [2.05, 4.69) is 10.6 Å². The van der Waals surface area contributed by atoms with Crippen LogP contribution in [-0.4, -0.2) is 41.1 Å². The molecule has 0 bridgehead atoms. The van der Waals surface area contributed by atoms with Crippen LogP contribution < -0.4 is 16.4 Å². The quantitative estimate of drug-likeness (QED) is 0.374. The summed E-state index contributed by atoms with van der Waals surface area (Å²) in [5.74, 6) is -1.98. The Balaban J connectivity index is 1.40. The molecule has 4 amide bonds. The predicted octanol–water partition coefficient (Wildman–Crippen LogP) is 1.00. The number of carbonyl (C=O) groups excluding carboxylic acids is 4. The van der Waals surface area contributed by atoms with Crippen LogP contribution in [0.15, 0.2) is 42.5 Å². The van der Waals surface area contributed by atoms with Crippen molar-refractivity contribution < 1.29 is 19.2 Å². The van der Waals surface area contributed by atoms with E-state index in [-0.39, 0.29) is 24.3 Å². The van der Waals surface area contributed by atoms with Crippen molar-refractivity contribution in [2.24, 2.45) is 0 Å². The minimum atomic E-state index is -0.948. The van der Waals surface area contributed by atoms with Gasteiger partial charge in [-0.05, 0) is 54.8 Å². The summed E-state index contributed by atoms with van der Waals surface area (Å²) in [6.45, 7) is 1.29. The molecule has 0 aliphatic carbocycles. The van der Waals surface area contributed by atoms with E-state index >= 15 is 0 Å². The third kappa shape index (κ3) is 3.81. The van der Waals surface area contributed by atoms with Crippen LogP contribution in [0.25, 0.3) is 0 Å². The number of nitrogen functional groups attached to an aromatic ring is 1. The predicted molar refractivity (Wildman–Crippen MR) is 109 cm³/mol. The normalized spacial score (nSPS) is 18.5. The first-order valence-electron chi connectivity index (χ1n) is 9.83. The molecule has 4 rings (SSSR count). The maximum atomic E-state index is 12.8. The van der Waals surface area contributed by atoms with Gasteiger partial charge in [-0.3, -0.25) is 29.4 Å². The smallest absolute Gasteiger partial charge is 0.262 e. The van der Waals surface area contributed by atoms with Crippen LogP contribution in [0.5, 0.6) is 0 Å². The molecule has 8 nitrogen and oxygen atoms in total. The standard InChI is InChI=1S/C22H22N4O4/c23-15-4-1-13(2-5-15)9-10-24-12-14-3-6-16-17(11-14)22(30)26(21(16)29)18-7-8-19(27)25-20(18)28/h1-6,11,18,24H,7-10,12,23H2,(H,25,27,28). The fraction of sp³-hybridized carbons (Fsp3) is 0.273. The molecule has 1 atom stereocenters. The number of hydrogen-bond donors (Lipinski definition) is 3. The molecule has 154 valence electrons. The van der Waals surface area contributed by atoms with Crippen molar-refractivity contribution >= 4 is 29.3 Å². The number of nitrogens with two attached hydrogens (primary N) is 1. The Morgan fingerprint density at radius 1 is 0.967 bits per heavy atom. The van der Waals surface area contributed by atoms with Gasteiger partial charge in [0.05, 0.1) is 11.1 Å². The van der Waals surface area contributed by atoms with Crippen molar-refractivity contribution in [2.45, 2.75) is 31.8 Å². The number of rotatable bonds is 6. The lowest BCUT2D eigenvalue weighted by atomic mass is 10.0. The molecule has 2 heterocycles. The highest BCUT2D eigenvalue weighted by Crippen LogP contribution is 2.28. The zero-order valence-electron chi connectivity index (χ0n) is 16.3. The van der Waals surface area contributed by atoms with Gasteiger partial charge in [-0.15, -0.1) is 0 Å². The number of carbonyl (C=O) groups is 4. The summed E-state index contributed by atoms with van der Waals surface area (Å²) in [4.78, 5) is 50.0. The van der Waals surface area contributed by atoms with E-state index in [0.29, 0.717) is 12.1 Å². The fourth-order valence-corrected chi connectivity index (χ4v) is 3.78. The molecule has 2 aromatic rings. The van der Waals surface area contributed by atoms with Gasteiger partial charge >= 0.3 is 0 Å². The van der Waals surface area contributed by atoms with E-state index < -0.39 is 23.8 Å². The van der Waals surface area contributed by atoms with Gasteiger partial charge < -0.3 is 11.1 Å². The second-order valence-electron chi connectivity index (χ2n) is 7.50. The number of nitrogens with one attached hydrogen (secondary N) is 2. The minimum absolute atomic E-state index is 0.104. The zero-order valence-corrected chi connectivity index (χ0v) is 16.3. The summed E-state index contributed by atoms with van der Waals surface area (Å²) in [5, 5.41) is 5.52. The van der Waals surface area contributed by atoms with Crippen molar-refractivity contribution in [3.63, 3.8) is 0 Å². The van der Waals surface area contributed by atoms with E-state index in [9.17, 15) is 19.2 Å². The van der Waals surface area contributed by atoms with Crippen molar-refractivity contribution in [3.05, 3.63) is 64.7 Å². The molecule has 2 aliphatic heterocycles. The first kappa shape index (κ1) is 19.8. The lowest BCUT2D eigenvalue weighted by Crippen LogP contribution is -2.54. The van der Waals surface area contributed by atoms with Crippen LogP contribution in [0.2, 0.25) is 0 Å². The van der Waals surface area contributed by atoms with E-state index in [4.69, 9.17) is 5.73 Å². The Morgan fingerprint density at radius 3 is 2.40 bits per heavy atom. The number of piperidine rings is 1. The van der Waals surface area contributed by atoms with Crippen LogP contribution in [-0.2, 0) is 22.6 Å². The highest BCUT2D eigenvalue weighted by atomic mass is 16.2. The van der Waals surface area contributed by atoms with Crippen LogP contribution in [0, 0.1) is 0 Å². The number of fused-ring (bicyclic) bond motifs is 1. The average molecular weight is 406 g/mol. The first-order valence-corrected chi connectivity index (χ1v) is 9.83. The zero-order chi connectivity index (χ0) is 21.3. The second-order valence-corrected chi connectivity index (χ2v) is 7.50. The number of hydrogen-bond acceptors (Lipinski definition) is 6. The lowest BCUT2D eigenvalue weighted by molar-refractivity contribution is -0.136. The summed E-state index contributed by atoms with van der Waals surface area (Å²) in [6, 6.07) is 11.9. The Hall–Kier alpha value is -3.52. The summed E-state index contributed by atoms with van der Waals surface area (Å²) in [6.07, 6.45) is 1.09. The monoisotopic (exact) mass is 406 g/mol. The van der Waals surface area contributed by atoms with Crippen molar-refractivity contribution in [1.82, 2.24) is 15.5 Å². The van der Waals surface area contributed by atoms with Crippen molar-refractivity contribution in [1.29, 1.82) is 0 Å². The van der Waals surface area contributed by atoms with Crippen LogP contribution >= 0.6 is 0 Å². The average Bonchev–Trinajstić information content (AvgIpc) is 2.97. The molecule has 8 heteroatoms. The molecule has 1 fully saturated rings. The summed E-state index contributed by atoms with van der Waals surface area (Å²) < 4.78 is 0. The van der Waals surface area contributed by atoms with Gasteiger partial charge in [-0.1, -0.05) is 18.2 Å². The molecule has 2 aliphatic rings. The second kappa shape index (κ2) is 8.08. The van der Waals surface area contributed by atoms with Gasteiger partial charge in [0.1, 0.15) is 6.04 Å². The highest BCUT2D eigenvalue weighted by Gasteiger charge is 2.44. The SMILES string of the molecule is Nc1ccc(CCNCc2ccc3c(c2)C(=O)N(C2CCC(=O)NC2=O)C3=O)cc1. The molecular formula is C22H22N4O4. The number of amides is 4. The third-order valence-electron chi connectivity index (χ3n) is 5.40. The largest absolute Gasteiger partial charge is 0.399 e. The van der Waals surface area contributed by atoms with Crippen molar-refractivity contribution in [3.8, 4) is 0 Å². The van der Waals surface area contributed by atoms with E-state index in [1.807, 2.05) is 24.3 Å². The van der Waals surface area contributed by atoms with Gasteiger partial charge in [0.15, 0.2) is 0 Å². The molecule has 1 saturated heterocycles. The third-order valence-corrected chi connectivity index (χ3v) is 5.40. The fourth-order valence-electron chi connectivity index (χ4n) is 3.78. The van der Waals surface area contributed by atoms with Crippen molar-refractivity contribution in [2.75, 3.05) is 12.3 Å². The molecule has 0 radical (unpaired) electrons. The number of benzene rings is 2. The Morgan fingerprint density at radius 2 is 1.67 bits per heavy atom. The molecule has 0 aromatic heterocycles. The van der Waals surface area contributed by atoms with E-state index in [0.717, 1.165) is 29.1 Å². The Labute approximate surface area is 173 Å². The number of nitrogens with zero attached hydrogens (tertiary/aromatic N) is 1. The van der Waals surface area contributed by atoms with Gasteiger partial charge in [0.25, 0.3) is 11.8 Å². The topological polar surface area (TPSA) is 122 Å². The molecular weight excluding hydrogens is 384 g/mol. The lowest BCUT2D eigenvalue weighted by Gasteiger charge is -2.27. The minimum Gasteiger partial charge on any atom is -0.399 e. The van der Waals surface area contributed by atoms with Crippen LogP contribution in [0.3, 0.4) is 0 Å². The summed E-state index contributed by atoms with van der Waals surface area (Å²) in [5.41, 5.74) is 9.04. The molecule has 30 heavy (non-hydrogen) atoms. The first-order chi connectivity index (χ1) is 14.4. The van der Waals surface area contributed by atoms with Gasteiger partial charge in [0, 0.05) is 18.7 Å². The Kier molecular flexibility index (Phi) is 5.33. The molecule has 2 aromatic carbocycles. The van der Waals surface area contributed by atoms with Gasteiger partial charge in [-0.2, -0.15) is 0 Å². The van der Waals surface area contributed by atoms with Crippen LogP contribution in [0.1, 0.15) is 44.7 Å².